The van der Waals surface area contributed by atoms with Crippen molar-refractivity contribution in [2.24, 2.45) is 0 Å². The quantitative estimate of drug-likeness (QED) is 0.354. The molecule has 0 atom stereocenters. The Kier molecular flexibility index (Phi) is 8.23. The van der Waals surface area contributed by atoms with Crippen LogP contribution in [0.3, 0.4) is 0 Å². The third-order valence-electron chi connectivity index (χ3n) is 4.78. The molecule has 0 saturated heterocycles. The molecule has 0 radical (unpaired) electrons. The van der Waals surface area contributed by atoms with Crippen LogP contribution in [0.2, 0.25) is 0 Å². The Bertz CT molecular complexity index is 1260. The van der Waals surface area contributed by atoms with Gasteiger partial charge in [-0.05, 0) is 54.4 Å². The predicted octanol–water partition coefficient (Wildman–Crippen LogP) is 4.98. The third kappa shape index (κ3) is 7.38. The largest absolute Gasteiger partial charge is 0.490 e. The number of carbonyl (C=O) groups is 1. The molecule has 0 spiro atoms. The molecule has 3 rings (SSSR count). The number of carboxylic acids is 1. The van der Waals surface area contributed by atoms with E-state index in [0.717, 1.165) is 17.7 Å². The van der Waals surface area contributed by atoms with Crippen molar-refractivity contribution >= 4 is 21.7 Å². The summed E-state index contributed by atoms with van der Waals surface area (Å²) in [5.74, 6) is 0.0473. The highest BCUT2D eigenvalue weighted by Gasteiger charge is 2.36. The molecule has 0 fully saturated rings. The number of hydrogen-bond acceptors (Lipinski definition) is 5. The first-order valence-electron chi connectivity index (χ1n) is 10.4. The van der Waals surface area contributed by atoms with Gasteiger partial charge in [0.1, 0.15) is 24.7 Å². The number of alkyl halides is 3. The fraction of sp³-hybridized carbons (Fsp3) is 0.208. The van der Waals surface area contributed by atoms with Gasteiger partial charge < -0.3 is 14.6 Å². The van der Waals surface area contributed by atoms with Gasteiger partial charge in [-0.3, -0.25) is 9.52 Å². The van der Waals surface area contributed by atoms with Crippen molar-refractivity contribution in [2.45, 2.75) is 23.9 Å². The summed E-state index contributed by atoms with van der Waals surface area (Å²) in [6, 6.07) is 16.7. The van der Waals surface area contributed by atoms with Crippen LogP contribution < -0.4 is 14.2 Å². The van der Waals surface area contributed by atoms with Crippen molar-refractivity contribution in [1.29, 1.82) is 0 Å². The molecule has 0 unspecified atom stereocenters. The van der Waals surface area contributed by atoms with Gasteiger partial charge >= 0.3 is 12.1 Å². The zero-order valence-corrected chi connectivity index (χ0v) is 19.1. The number of hydrogen-bond donors (Lipinski definition) is 2. The minimum Gasteiger partial charge on any atom is -0.490 e. The lowest BCUT2D eigenvalue weighted by molar-refractivity contribution is -0.140. The van der Waals surface area contributed by atoms with Gasteiger partial charge in [-0.2, -0.15) is 13.2 Å². The van der Waals surface area contributed by atoms with Crippen LogP contribution in [0.25, 0.3) is 0 Å². The number of para-hydroxylation sites is 1. The Morgan fingerprint density at radius 1 is 0.886 bits per heavy atom. The molecule has 2 N–H and O–H groups in total. The van der Waals surface area contributed by atoms with Crippen molar-refractivity contribution in [2.75, 3.05) is 17.9 Å². The van der Waals surface area contributed by atoms with Gasteiger partial charge in [-0.1, -0.05) is 30.3 Å². The number of anilines is 1. The smallest absolute Gasteiger partial charge is 0.417 e. The monoisotopic (exact) mass is 509 g/mol. The van der Waals surface area contributed by atoms with Crippen molar-refractivity contribution in [1.82, 2.24) is 0 Å². The number of aryl methyl sites for hydroxylation is 1. The lowest BCUT2D eigenvalue weighted by Crippen LogP contribution is -2.18. The molecule has 3 aromatic carbocycles. The number of halogens is 3. The van der Waals surface area contributed by atoms with Crippen LogP contribution in [0.4, 0.5) is 18.9 Å². The first-order valence-corrected chi connectivity index (χ1v) is 11.9. The average Bonchev–Trinajstić information content (AvgIpc) is 2.81. The van der Waals surface area contributed by atoms with Gasteiger partial charge in [0, 0.05) is 12.1 Å². The van der Waals surface area contributed by atoms with Gasteiger partial charge in [-0.15, -0.1) is 0 Å². The topological polar surface area (TPSA) is 102 Å². The van der Waals surface area contributed by atoms with E-state index < -0.39 is 32.6 Å². The molecule has 0 aliphatic heterocycles. The lowest BCUT2D eigenvalue weighted by Gasteiger charge is -2.15. The normalized spacial score (nSPS) is 11.6. The summed E-state index contributed by atoms with van der Waals surface area (Å²) < 4.78 is 77.9. The van der Waals surface area contributed by atoms with Crippen LogP contribution in [0.15, 0.2) is 77.7 Å². The van der Waals surface area contributed by atoms with Crippen LogP contribution in [0.5, 0.6) is 11.5 Å². The molecule has 0 aliphatic carbocycles. The van der Waals surface area contributed by atoms with Gasteiger partial charge in [0.05, 0.1) is 10.5 Å². The SMILES string of the molecule is O=C(O)CCc1ccccc1OCCOc1ccc(NS(=O)(=O)c2ccccc2C(F)(F)F)cc1. The fourth-order valence-corrected chi connectivity index (χ4v) is 4.46. The van der Waals surface area contributed by atoms with Crippen molar-refractivity contribution < 1.29 is 41.0 Å². The number of aliphatic carboxylic acids is 1. The number of carboxylic acid groups (broad SMARTS) is 1. The lowest BCUT2D eigenvalue weighted by atomic mass is 10.1. The van der Waals surface area contributed by atoms with E-state index in [0.29, 0.717) is 24.0 Å². The van der Waals surface area contributed by atoms with E-state index in [1.165, 1.54) is 30.3 Å². The predicted molar refractivity (Wildman–Crippen MR) is 122 cm³/mol. The van der Waals surface area contributed by atoms with Crippen LogP contribution in [0, 0.1) is 0 Å². The van der Waals surface area contributed by atoms with Crippen LogP contribution in [0.1, 0.15) is 17.5 Å². The van der Waals surface area contributed by atoms with Crippen molar-refractivity contribution in [3.63, 3.8) is 0 Å². The molecule has 0 saturated carbocycles. The van der Waals surface area contributed by atoms with E-state index in [1.54, 1.807) is 24.3 Å². The summed E-state index contributed by atoms with van der Waals surface area (Å²) >= 11 is 0. The summed E-state index contributed by atoms with van der Waals surface area (Å²) in [6.45, 7) is 0.323. The van der Waals surface area contributed by atoms with E-state index in [2.05, 4.69) is 4.72 Å². The van der Waals surface area contributed by atoms with E-state index in [1.807, 2.05) is 0 Å². The van der Waals surface area contributed by atoms with E-state index >= 15 is 0 Å². The minimum atomic E-state index is -4.82. The molecule has 0 amide bonds. The molecular formula is C24H22F3NO6S. The van der Waals surface area contributed by atoms with Gasteiger partial charge in [0.2, 0.25) is 0 Å². The number of nitrogens with one attached hydrogen (secondary N) is 1. The van der Waals surface area contributed by atoms with E-state index in [-0.39, 0.29) is 25.3 Å². The highest BCUT2D eigenvalue weighted by atomic mass is 32.2. The van der Waals surface area contributed by atoms with Crippen molar-refractivity contribution in [3.05, 3.63) is 83.9 Å². The standard InChI is InChI=1S/C24H22F3NO6S/c25-24(26,27)20-6-2-4-8-22(20)35(31,32)28-18-10-12-19(13-11-18)33-15-16-34-21-7-3-1-5-17(21)9-14-23(29)30/h1-8,10-13,28H,9,14-16H2,(H,29,30). The molecule has 35 heavy (non-hydrogen) atoms. The van der Waals surface area contributed by atoms with Crippen LogP contribution >= 0.6 is 0 Å². The highest BCUT2D eigenvalue weighted by Crippen LogP contribution is 2.34. The van der Waals surface area contributed by atoms with Gasteiger partial charge in [-0.25, -0.2) is 8.42 Å². The minimum absolute atomic E-state index is 0.0191. The number of ether oxygens (including phenoxy) is 2. The third-order valence-corrected chi connectivity index (χ3v) is 6.22. The average molecular weight is 510 g/mol. The number of benzene rings is 3. The Hall–Kier alpha value is -3.73. The van der Waals surface area contributed by atoms with Crippen LogP contribution in [-0.2, 0) is 27.4 Å². The molecule has 7 nitrogen and oxygen atoms in total. The maximum Gasteiger partial charge on any atom is 0.417 e. The highest BCUT2D eigenvalue weighted by molar-refractivity contribution is 7.92. The Morgan fingerprint density at radius 3 is 2.20 bits per heavy atom. The van der Waals surface area contributed by atoms with E-state index in [4.69, 9.17) is 14.6 Å². The Balaban J connectivity index is 1.56. The van der Waals surface area contributed by atoms with Crippen LogP contribution in [-0.4, -0.2) is 32.7 Å². The molecule has 186 valence electrons. The molecular weight excluding hydrogens is 487 g/mol. The molecule has 3 aromatic rings. The summed E-state index contributed by atoms with van der Waals surface area (Å²) in [7, 11) is -4.47. The summed E-state index contributed by atoms with van der Waals surface area (Å²) in [4.78, 5) is 9.92. The molecule has 0 aliphatic rings. The first kappa shape index (κ1) is 25.9. The maximum atomic E-state index is 13.2. The second kappa shape index (κ2) is 11.1. The molecule has 0 heterocycles. The Labute approximate surface area is 200 Å². The summed E-state index contributed by atoms with van der Waals surface area (Å²) in [5, 5.41) is 8.85. The van der Waals surface area contributed by atoms with Gasteiger partial charge in [0.25, 0.3) is 10.0 Å². The second-order valence-corrected chi connectivity index (χ2v) is 8.97. The summed E-state index contributed by atoms with van der Waals surface area (Å²) in [5.41, 5.74) is -0.423. The maximum absolute atomic E-state index is 13.2. The molecule has 0 aromatic heterocycles. The number of rotatable bonds is 11. The first-order chi connectivity index (χ1) is 16.6. The zero-order chi connectivity index (χ0) is 25.5. The Morgan fingerprint density at radius 2 is 1.51 bits per heavy atom. The molecule has 0 bridgehead atoms. The molecule has 11 heteroatoms. The fourth-order valence-electron chi connectivity index (χ4n) is 3.17. The number of sulfonamides is 1. The van der Waals surface area contributed by atoms with Gasteiger partial charge in [0.15, 0.2) is 0 Å². The van der Waals surface area contributed by atoms with Crippen molar-refractivity contribution in [3.8, 4) is 11.5 Å². The second-order valence-electron chi connectivity index (χ2n) is 7.32. The summed E-state index contributed by atoms with van der Waals surface area (Å²) in [6.07, 6.45) is -4.51. The zero-order valence-electron chi connectivity index (χ0n) is 18.3. The van der Waals surface area contributed by atoms with E-state index in [9.17, 15) is 26.4 Å².